The van der Waals surface area contributed by atoms with Gasteiger partial charge in [-0.3, -0.25) is 10.1 Å². The van der Waals surface area contributed by atoms with Crippen molar-refractivity contribution in [3.63, 3.8) is 0 Å². The van der Waals surface area contributed by atoms with E-state index in [1.807, 2.05) is 4.90 Å². The summed E-state index contributed by atoms with van der Waals surface area (Å²) in [6.07, 6.45) is 2.68. The fourth-order valence-corrected chi connectivity index (χ4v) is 2.66. The number of hydrogen-bond donors (Lipinski definition) is 1. The minimum atomic E-state index is -0.311. The lowest BCUT2D eigenvalue weighted by Gasteiger charge is -2.23. The molecule has 0 aromatic heterocycles. The topological polar surface area (TPSA) is 32.3 Å². The Kier molecular flexibility index (Phi) is 2.63. The molecule has 1 aliphatic carbocycles. The number of halogens is 1. The standard InChI is InChI=1S/C14H17FN2O/c1-2-9-17-12(10-3-5-11(15)6-4-10)16-14(7-8-14)13(17)18/h3-6,12,16H,2,7-9H2,1H3. The predicted octanol–water partition coefficient (Wildman–Crippen LogP) is 2.20. The first-order valence-electron chi connectivity index (χ1n) is 6.50. The van der Waals surface area contributed by atoms with Crippen molar-refractivity contribution in [3.8, 4) is 0 Å². The number of nitrogens with zero attached hydrogens (tertiary/aromatic N) is 1. The first-order chi connectivity index (χ1) is 8.66. The normalized spacial score (nSPS) is 24.9. The Morgan fingerprint density at radius 1 is 1.39 bits per heavy atom. The molecule has 1 saturated carbocycles. The van der Waals surface area contributed by atoms with E-state index in [-0.39, 0.29) is 23.4 Å². The van der Waals surface area contributed by atoms with Crippen molar-refractivity contribution in [3.05, 3.63) is 35.6 Å². The molecule has 1 unspecified atom stereocenters. The molecule has 0 bridgehead atoms. The van der Waals surface area contributed by atoms with Gasteiger partial charge in [-0.05, 0) is 37.0 Å². The van der Waals surface area contributed by atoms with E-state index in [2.05, 4.69) is 12.2 Å². The summed E-state index contributed by atoms with van der Waals surface area (Å²) in [5.74, 6) is -0.0371. The Balaban J connectivity index is 1.90. The van der Waals surface area contributed by atoms with E-state index < -0.39 is 0 Å². The van der Waals surface area contributed by atoms with Gasteiger partial charge in [0.2, 0.25) is 5.91 Å². The average molecular weight is 248 g/mol. The van der Waals surface area contributed by atoms with Gasteiger partial charge in [-0.1, -0.05) is 19.1 Å². The highest BCUT2D eigenvalue weighted by molar-refractivity contribution is 5.92. The van der Waals surface area contributed by atoms with Crippen LogP contribution in [0.15, 0.2) is 24.3 Å². The summed E-state index contributed by atoms with van der Waals surface area (Å²) in [6.45, 7) is 2.81. The summed E-state index contributed by atoms with van der Waals surface area (Å²) in [5.41, 5.74) is 0.649. The summed E-state index contributed by atoms with van der Waals surface area (Å²) in [5, 5.41) is 3.42. The van der Waals surface area contributed by atoms with E-state index in [4.69, 9.17) is 0 Å². The van der Waals surface area contributed by atoms with E-state index in [0.717, 1.165) is 31.4 Å². The van der Waals surface area contributed by atoms with Crippen LogP contribution in [0.2, 0.25) is 0 Å². The minimum Gasteiger partial charge on any atom is -0.321 e. The number of amides is 1. The second-order valence-electron chi connectivity index (χ2n) is 5.18. The predicted molar refractivity (Wildman–Crippen MR) is 66.2 cm³/mol. The molecule has 4 heteroatoms. The molecule has 1 amide bonds. The van der Waals surface area contributed by atoms with Crippen LogP contribution in [-0.4, -0.2) is 22.9 Å². The fraction of sp³-hybridized carbons (Fsp3) is 0.500. The maximum atomic E-state index is 13.0. The van der Waals surface area contributed by atoms with Crippen LogP contribution >= 0.6 is 0 Å². The van der Waals surface area contributed by atoms with Gasteiger partial charge in [0.15, 0.2) is 0 Å². The summed E-state index contributed by atoms with van der Waals surface area (Å²) >= 11 is 0. The molecule has 1 N–H and O–H groups in total. The lowest BCUT2D eigenvalue weighted by Crippen LogP contribution is -2.32. The minimum absolute atomic E-state index is 0.0967. The van der Waals surface area contributed by atoms with Gasteiger partial charge in [0, 0.05) is 6.54 Å². The van der Waals surface area contributed by atoms with Crippen LogP contribution in [0, 0.1) is 5.82 Å². The van der Waals surface area contributed by atoms with Crippen LogP contribution in [0.3, 0.4) is 0 Å². The van der Waals surface area contributed by atoms with Crippen molar-refractivity contribution in [1.29, 1.82) is 0 Å². The van der Waals surface area contributed by atoms with Crippen LogP contribution in [0.5, 0.6) is 0 Å². The Morgan fingerprint density at radius 2 is 2.06 bits per heavy atom. The number of carbonyl (C=O) groups is 1. The van der Waals surface area contributed by atoms with Gasteiger partial charge in [-0.2, -0.15) is 0 Å². The van der Waals surface area contributed by atoms with Crippen molar-refractivity contribution in [2.45, 2.75) is 37.9 Å². The highest BCUT2D eigenvalue weighted by atomic mass is 19.1. The number of hydrogen-bond acceptors (Lipinski definition) is 2. The SMILES string of the molecule is CCCN1C(=O)C2(CC2)NC1c1ccc(F)cc1. The second-order valence-corrected chi connectivity index (χ2v) is 5.18. The Labute approximate surface area is 106 Å². The molecule has 18 heavy (non-hydrogen) atoms. The highest BCUT2D eigenvalue weighted by Crippen LogP contribution is 2.45. The molecule has 3 rings (SSSR count). The smallest absolute Gasteiger partial charge is 0.244 e. The number of benzene rings is 1. The third-order valence-electron chi connectivity index (χ3n) is 3.80. The van der Waals surface area contributed by atoms with Gasteiger partial charge in [0.1, 0.15) is 17.5 Å². The van der Waals surface area contributed by atoms with Gasteiger partial charge in [0.05, 0.1) is 0 Å². The Bertz CT molecular complexity index is 467. The lowest BCUT2D eigenvalue weighted by atomic mass is 10.1. The van der Waals surface area contributed by atoms with Crippen molar-refractivity contribution in [2.24, 2.45) is 0 Å². The molecule has 1 saturated heterocycles. The van der Waals surface area contributed by atoms with Gasteiger partial charge >= 0.3 is 0 Å². The first-order valence-corrected chi connectivity index (χ1v) is 6.50. The quantitative estimate of drug-likeness (QED) is 0.889. The molecule has 2 fully saturated rings. The van der Waals surface area contributed by atoms with Crippen LogP contribution in [0.4, 0.5) is 4.39 Å². The molecule has 96 valence electrons. The van der Waals surface area contributed by atoms with Crippen molar-refractivity contribution >= 4 is 5.91 Å². The maximum Gasteiger partial charge on any atom is 0.244 e. The highest BCUT2D eigenvalue weighted by Gasteiger charge is 2.59. The molecular weight excluding hydrogens is 231 g/mol. The van der Waals surface area contributed by atoms with Crippen molar-refractivity contribution in [2.75, 3.05) is 6.54 Å². The van der Waals surface area contributed by atoms with E-state index in [9.17, 15) is 9.18 Å². The lowest BCUT2D eigenvalue weighted by molar-refractivity contribution is -0.130. The summed E-state index contributed by atoms with van der Waals surface area (Å²) in [4.78, 5) is 14.2. The molecule has 0 radical (unpaired) electrons. The van der Waals surface area contributed by atoms with E-state index in [0.29, 0.717) is 0 Å². The number of carbonyl (C=O) groups excluding carboxylic acids is 1. The molecule has 1 atom stereocenters. The van der Waals surface area contributed by atoms with Crippen molar-refractivity contribution < 1.29 is 9.18 Å². The zero-order valence-electron chi connectivity index (χ0n) is 10.4. The largest absolute Gasteiger partial charge is 0.321 e. The molecular formula is C14H17FN2O. The van der Waals surface area contributed by atoms with Crippen molar-refractivity contribution in [1.82, 2.24) is 10.2 Å². The van der Waals surface area contributed by atoms with Gasteiger partial charge in [-0.25, -0.2) is 4.39 Å². The number of rotatable bonds is 3. The summed E-state index contributed by atoms with van der Waals surface area (Å²) < 4.78 is 13.0. The van der Waals surface area contributed by atoms with Crippen LogP contribution in [-0.2, 0) is 4.79 Å². The van der Waals surface area contributed by atoms with E-state index in [1.165, 1.54) is 12.1 Å². The van der Waals surface area contributed by atoms with Gasteiger partial charge < -0.3 is 4.90 Å². The monoisotopic (exact) mass is 248 g/mol. The third-order valence-corrected chi connectivity index (χ3v) is 3.80. The van der Waals surface area contributed by atoms with E-state index in [1.54, 1.807) is 12.1 Å². The zero-order valence-corrected chi connectivity index (χ0v) is 10.4. The molecule has 1 spiro atoms. The van der Waals surface area contributed by atoms with Crippen LogP contribution < -0.4 is 5.32 Å². The zero-order chi connectivity index (χ0) is 12.8. The molecule has 3 nitrogen and oxygen atoms in total. The molecule has 1 aromatic carbocycles. The Hall–Kier alpha value is -1.42. The van der Waals surface area contributed by atoms with Gasteiger partial charge in [-0.15, -0.1) is 0 Å². The molecule has 1 heterocycles. The van der Waals surface area contributed by atoms with Crippen LogP contribution in [0.25, 0.3) is 0 Å². The molecule has 1 aliphatic heterocycles. The first kappa shape index (κ1) is 11.7. The maximum absolute atomic E-state index is 13.0. The fourth-order valence-electron chi connectivity index (χ4n) is 2.66. The van der Waals surface area contributed by atoms with Gasteiger partial charge in [0.25, 0.3) is 0 Å². The summed E-state index contributed by atoms with van der Waals surface area (Å²) in [7, 11) is 0. The van der Waals surface area contributed by atoms with Crippen LogP contribution in [0.1, 0.15) is 37.9 Å². The molecule has 1 aromatic rings. The Morgan fingerprint density at radius 3 is 2.61 bits per heavy atom. The molecule has 2 aliphatic rings. The third kappa shape index (κ3) is 1.72. The second kappa shape index (κ2) is 4.05. The average Bonchev–Trinajstić information content (AvgIpc) is 3.10. The number of nitrogens with one attached hydrogen (secondary N) is 1. The summed E-state index contributed by atoms with van der Waals surface area (Å²) in [6, 6.07) is 6.40. The van der Waals surface area contributed by atoms with E-state index >= 15 is 0 Å².